The van der Waals surface area contributed by atoms with Gasteiger partial charge in [0.2, 0.25) is 5.91 Å². The summed E-state index contributed by atoms with van der Waals surface area (Å²) in [7, 11) is 0. The first-order valence-electron chi connectivity index (χ1n) is 9.50. The first-order chi connectivity index (χ1) is 13.5. The second-order valence-corrected chi connectivity index (χ2v) is 7.19. The van der Waals surface area contributed by atoms with E-state index in [1.54, 1.807) is 0 Å². The average molecular weight is 384 g/mol. The van der Waals surface area contributed by atoms with E-state index in [1.165, 1.54) is 10.6 Å². The Morgan fingerprint density at radius 1 is 1.14 bits per heavy atom. The van der Waals surface area contributed by atoms with E-state index in [2.05, 4.69) is 45.7 Å². The Bertz CT molecular complexity index is 953. The summed E-state index contributed by atoms with van der Waals surface area (Å²) < 4.78 is 2.27. The Morgan fingerprint density at radius 3 is 2.75 bits per heavy atom. The van der Waals surface area contributed by atoms with Gasteiger partial charge in [0.1, 0.15) is 12.3 Å². The molecule has 2 saturated heterocycles. The summed E-state index contributed by atoms with van der Waals surface area (Å²) in [6.45, 7) is 5.41. The van der Waals surface area contributed by atoms with Gasteiger partial charge < -0.3 is 25.8 Å². The van der Waals surface area contributed by atoms with Crippen molar-refractivity contribution in [3.63, 3.8) is 0 Å². The molecular weight excluding hydrogens is 360 g/mol. The molecule has 0 saturated carbocycles. The Morgan fingerprint density at radius 2 is 1.96 bits per heavy atom. The van der Waals surface area contributed by atoms with Crippen molar-refractivity contribution in [3.8, 4) is 0 Å². The fourth-order valence-electron chi connectivity index (χ4n) is 3.89. The third-order valence-electron chi connectivity index (χ3n) is 5.18. The number of amides is 5. The fraction of sp³-hybridized carbons (Fsp3) is 0.421. The maximum Gasteiger partial charge on any atom is 0.320 e. The second-order valence-electron chi connectivity index (χ2n) is 7.19. The highest BCUT2D eigenvalue weighted by Gasteiger charge is 2.45. The molecular formula is C19H24N6O3. The van der Waals surface area contributed by atoms with Gasteiger partial charge in [0, 0.05) is 41.8 Å². The van der Waals surface area contributed by atoms with Gasteiger partial charge in [-0.3, -0.25) is 9.69 Å². The minimum Gasteiger partial charge on any atom is -0.345 e. The van der Waals surface area contributed by atoms with Crippen LogP contribution < -0.4 is 21.3 Å². The first-order valence-corrected chi connectivity index (χ1v) is 9.50. The van der Waals surface area contributed by atoms with E-state index in [0.717, 1.165) is 29.6 Å². The van der Waals surface area contributed by atoms with E-state index >= 15 is 0 Å². The molecule has 9 nitrogen and oxygen atoms in total. The number of fused-ring (bicyclic) bond motifs is 2. The number of benzene rings is 1. The van der Waals surface area contributed by atoms with E-state index in [0.29, 0.717) is 0 Å². The lowest BCUT2D eigenvalue weighted by atomic mass is 10.2. The zero-order chi connectivity index (χ0) is 19.8. The van der Waals surface area contributed by atoms with Gasteiger partial charge >= 0.3 is 12.1 Å². The van der Waals surface area contributed by atoms with Crippen LogP contribution in [0.15, 0.2) is 24.3 Å². The lowest BCUT2D eigenvalue weighted by Gasteiger charge is -2.20. The van der Waals surface area contributed by atoms with Crippen molar-refractivity contribution < 1.29 is 14.4 Å². The van der Waals surface area contributed by atoms with Gasteiger partial charge in [0.05, 0.1) is 0 Å². The first kappa shape index (κ1) is 18.1. The van der Waals surface area contributed by atoms with E-state index in [1.807, 2.05) is 18.2 Å². The molecule has 2 atom stereocenters. The van der Waals surface area contributed by atoms with Crippen molar-refractivity contribution in [1.82, 2.24) is 25.4 Å². The van der Waals surface area contributed by atoms with Gasteiger partial charge in [-0.1, -0.05) is 6.92 Å². The number of anilines is 1. The van der Waals surface area contributed by atoms with E-state index in [9.17, 15) is 14.4 Å². The number of hydrogen-bond acceptors (Lipinski definition) is 3. The van der Waals surface area contributed by atoms with Gasteiger partial charge in [-0.15, -0.1) is 0 Å². The Labute approximate surface area is 162 Å². The summed E-state index contributed by atoms with van der Waals surface area (Å²) in [4.78, 5) is 37.2. The highest BCUT2D eigenvalue weighted by molar-refractivity contribution is 5.94. The highest BCUT2D eigenvalue weighted by Crippen LogP contribution is 2.24. The van der Waals surface area contributed by atoms with Crippen LogP contribution in [-0.2, 0) is 11.3 Å². The molecule has 0 aliphatic carbocycles. The van der Waals surface area contributed by atoms with Crippen molar-refractivity contribution >= 4 is 34.6 Å². The molecule has 148 valence electrons. The number of carbonyl (C=O) groups is 3. The largest absolute Gasteiger partial charge is 0.345 e. The number of carbonyl (C=O) groups excluding carboxylic acids is 3. The molecule has 2 aliphatic heterocycles. The minimum atomic E-state index is -0.467. The zero-order valence-corrected chi connectivity index (χ0v) is 15.9. The molecule has 2 unspecified atom stereocenters. The van der Waals surface area contributed by atoms with Crippen molar-refractivity contribution in [3.05, 3.63) is 30.0 Å². The van der Waals surface area contributed by atoms with Gasteiger partial charge in [0.25, 0.3) is 0 Å². The van der Waals surface area contributed by atoms with Crippen LogP contribution in [0.5, 0.6) is 0 Å². The fourth-order valence-corrected chi connectivity index (χ4v) is 3.89. The van der Waals surface area contributed by atoms with E-state index in [4.69, 9.17) is 0 Å². The van der Waals surface area contributed by atoms with Crippen LogP contribution in [0.1, 0.15) is 25.5 Å². The second kappa shape index (κ2) is 7.06. The summed E-state index contributed by atoms with van der Waals surface area (Å²) in [5, 5.41) is 11.9. The third kappa shape index (κ3) is 3.23. The van der Waals surface area contributed by atoms with Gasteiger partial charge in [-0.25, -0.2) is 9.59 Å². The van der Waals surface area contributed by atoms with Crippen LogP contribution in [0.2, 0.25) is 0 Å². The Kier molecular flexibility index (Phi) is 4.58. The van der Waals surface area contributed by atoms with E-state index < -0.39 is 12.3 Å². The van der Waals surface area contributed by atoms with Crippen LogP contribution in [0, 0.1) is 6.92 Å². The number of hydrogen-bond donors (Lipinski definition) is 4. The van der Waals surface area contributed by atoms with Gasteiger partial charge in [0.15, 0.2) is 0 Å². The molecule has 2 aromatic rings. The minimum absolute atomic E-state index is 0.139. The maximum absolute atomic E-state index is 12.4. The molecule has 3 heterocycles. The molecule has 0 bridgehead atoms. The van der Waals surface area contributed by atoms with Gasteiger partial charge in [-0.05, 0) is 37.6 Å². The molecule has 4 rings (SSSR count). The predicted octanol–water partition coefficient (Wildman–Crippen LogP) is 1.68. The quantitative estimate of drug-likeness (QED) is 0.609. The topological polar surface area (TPSA) is 108 Å². The number of aryl methyl sites for hydroxylation is 2. The summed E-state index contributed by atoms with van der Waals surface area (Å²) in [6.07, 6.45) is 0.275. The van der Waals surface area contributed by atoms with Crippen LogP contribution in [-0.4, -0.2) is 46.3 Å². The van der Waals surface area contributed by atoms with Crippen molar-refractivity contribution in [1.29, 1.82) is 0 Å². The molecule has 28 heavy (non-hydrogen) atoms. The monoisotopic (exact) mass is 384 g/mol. The number of rotatable bonds is 6. The summed E-state index contributed by atoms with van der Waals surface area (Å²) >= 11 is 0. The molecule has 9 heteroatoms. The summed E-state index contributed by atoms with van der Waals surface area (Å²) in [5.41, 5.74) is 3.08. The molecule has 1 aromatic carbocycles. The van der Waals surface area contributed by atoms with Crippen LogP contribution in [0.3, 0.4) is 0 Å². The molecule has 5 amide bonds. The third-order valence-corrected chi connectivity index (χ3v) is 5.18. The van der Waals surface area contributed by atoms with Crippen molar-refractivity contribution in [2.75, 3.05) is 11.9 Å². The van der Waals surface area contributed by atoms with Crippen LogP contribution in [0.4, 0.5) is 15.3 Å². The number of urea groups is 2. The van der Waals surface area contributed by atoms with Crippen LogP contribution in [0.25, 0.3) is 10.9 Å². The molecule has 0 radical (unpaired) electrons. The molecule has 4 N–H and O–H groups in total. The smallest absolute Gasteiger partial charge is 0.320 e. The lowest BCUT2D eigenvalue weighted by Crippen LogP contribution is -2.44. The highest BCUT2D eigenvalue weighted by atomic mass is 16.2. The van der Waals surface area contributed by atoms with Crippen molar-refractivity contribution in [2.45, 2.75) is 45.6 Å². The standard InChI is InChI=1S/C19H24N6O3/c1-3-7-24-11(2)9-12-10-13(4-5-14(12)24)20-15(26)6-8-25-17-16(22-19(25)28)21-18(27)23-17/h4-5,9-10,16-17H,3,6-8H2,1-2H3,(H,20,26)(H,22,28)(H2,21,23,27). The summed E-state index contributed by atoms with van der Waals surface area (Å²) in [5.74, 6) is -0.183. The zero-order valence-electron chi connectivity index (χ0n) is 15.9. The normalized spacial score (nSPS) is 20.7. The predicted molar refractivity (Wildman–Crippen MR) is 105 cm³/mol. The SMILES string of the molecule is CCCn1c(C)cc2cc(NC(=O)CCN3C(=O)NC4NC(=O)NC43)ccc21. The van der Waals surface area contributed by atoms with Crippen LogP contribution >= 0.6 is 0 Å². The number of nitrogens with one attached hydrogen (secondary N) is 4. The average Bonchev–Trinajstić information content (AvgIpc) is 3.23. The number of nitrogens with zero attached hydrogens (tertiary/aromatic N) is 2. The molecule has 2 aliphatic rings. The Balaban J connectivity index is 1.38. The van der Waals surface area contributed by atoms with Gasteiger partial charge in [-0.2, -0.15) is 0 Å². The number of aromatic nitrogens is 1. The maximum atomic E-state index is 12.4. The summed E-state index contributed by atoms with van der Waals surface area (Å²) in [6, 6.07) is 7.36. The Hall–Kier alpha value is -3.23. The lowest BCUT2D eigenvalue weighted by molar-refractivity contribution is -0.116. The molecule has 0 spiro atoms. The van der Waals surface area contributed by atoms with E-state index in [-0.39, 0.29) is 30.9 Å². The van der Waals surface area contributed by atoms with Crippen molar-refractivity contribution in [2.24, 2.45) is 0 Å². The molecule has 2 fully saturated rings. The molecule has 1 aromatic heterocycles.